The molecule has 0 N–H and O–H groups in total. The van der Waals surface area contributed by atoms with Gasteiger partial charge in [-0.15, -0.1) is 0 Å². The van der Waals surface area contributed by atoms with Crippen molar-refractivity contribution in [3.63, 3.8) is 0 Å². The van der Waals surface area contributed by atoms with E-state index in [0.717, 1.165) is 28.3 Å². The fourth-order valence-corrected chi connectivity index (χ4v) is 8.56. The number of benzene rings is 8. The minimum Gasteiger partial charge on any atom is -0.309 e. The molecule has 2 nitrogen and oxygen atoms in total. The third kappa shape index (κ3) is 5.15. The quantitative estimate of drug-likeness (QED) is 0.166. The third-order valence-electron chi connectivity index (χ3n) is 11.0. The normalized spacial score (nSPS) is 12.6. The van der Waals surface area contributed by atoms with Crippen LogP contribution in [0.1, 0.15) is 22.3 Å². The van der Waals surface area contributed by atoms with E-state index in [0.29, 0.717) is 0 Å². The lowest BCUT2D eigenvalue weighted by Crippen LogP contribution is -2.28. The second-order valence-electron chi connectivity index (χ2n) is 13.9. The van der Waals surface area contributed by atoms with E-state index in [-0.39, 0.29) is 0 Å². The first-order valence-corrected chi connectivity index (χ1v) is 18.5. The van der Waals surface area contributed by atoms with Crippen molar-refractivity contribution in [3.8, 4) is 33.5 Å². The summed E-state index contributed by atoms with van der Waals surface area (Å²) in [6.07, 6.45) is 2.00. The molecule has 0 saturated carbocycles. The number of para-hydroxylation sites is 1. The van der Waals surface area contributed by atoms with Crippen molar-refractivity contribution in [1.82, 2.24) is 4.98 Å². The Bertz CT molecular complexity index is 2680. The minimum atomic E-state index is -0.497. The molecule has 0 aliphatic heterocycles. The molecule has 9 aromatic rings. The van der Waals surface area contributed by atoms with Crippen LogP contribution in [0.4, 0.5) is 17.1 Å². The van der Waals surface area contributed by atoms with Crippen molar-refractivity contribution in [3.05, 3.63) is 241 Å². The van der Waals surface area contributed by atoms with Crippen molar-refractivity contribution >= 4 is 27.8 Å². The Kier molecular flexibility index (Phi) is 7.74. The first-order valence-electron chi connectivity index (χ1n) is 18.5. The highest BCUT2D eigenvalue weighted by Crippen LogP contribution is 2.58. The molecule has 2 heteroatoms. The Hall–Kier alpha value is -7.03. The number of anilines is 3. The van der Waals surface area contributed by atoms with Gasteiger partial charge in [-0.2, -0.15) is 0 Å². The maximum Gasteiger partial charge on any atom is 0.0714 e. The zero-order valence-electron chi connectivity index (χ0n) is 29.7. The Morgan fingerprint density at radius 3 is 1.61 bits per heavy atom. The molecule has 0 unspecified atom stereocenters. The topological polar surface area (TPSA) is 16.1 Å². The number of fused-ring (bicyclic) bond motifs is 5. The summed E-state index contributed by atoms with van der Waals surface area (Å²) in [6, 6.07) is 76.5. The van der Waals surface area contributed by atoms with Crippen LogP contribution in [0.5, 0.6) is 0 Å². The number of hydrogen-bond acceptors (Lipinski definition) is 2. The molecule has 0 atom stereocenters. The number of nitrogens with zero attached hydrogens (tertiary/aromatic N) is 2. The summed E-state index contributed by atoms with van der Waals surface area (Å²) in [4.78, 5) is 7.43. The molecule has 8 aromatic carbocycles. The van der Waals surface area contributed by atoms with Crippen molar-refractivity contribution in [1.29, 1.82) is 0 Å². The van der Waals surface area contributed by atoms with Crippen molar-refractivity contribution in [2.45, 2.75) is 5.41 Å². The predicted molar refractivity (Wildman–Crippen MR) is 225 cm³/mol. The zero-order valence-corrected chi connectivity index (χ0v) is 29.7. The summed E-state index contributed by atoms with van der Waals surface area (Å²) < 4.78 is 0. The number of aromatic nitrogens is 1. The lowest BCUT2D eigenvalue weighted by molar-refractivity contribution is 0.769. The smallest absolute Gasteiger partial charge is 0.0714 e. The minimum absolute atomic E-state index is 0.497. The summed E-state index contributed by atoms with van der Waals surface area (Å²) in [5.41, 5.74) is 14.8. The SMILES string of the molecule is c1ccc(-c2ccc(N(c3ccccc3)c3ccc(-c4ccc5c(c4)C(c4ccccc4)(c4ccccc4)c4ccc6ccccc6c4-5)nc3)cc2)cc1. The van der Waals surface area contributed by atoms with E-state index in [1.165, 1.54) is 55.3 Å². The second kappa shape index (κ2) is 13.2. The van der Waals surface area contributed by atoms with Crippen LogP contribution in [0.15, 0.2) is 219 Å². The van der Waals surface area contributed by atoms with Crippen LogP contribution in [0.3, 0.4) is 0 Å². The molecular formula is C52H36N2. The molecule has 0 radical (unpaired) electrons. The molecule has 0 fully saturated rings. The van der Waals surface area contributed by atoms with E-state index >= 15 is 0 Å². The highest BCUT2D eigenvalue weighted by molar-refractivity contribution is 6.04. The van der Waals surface area contributed by atoms with Gasteiger partial charge in [0, 0.05) is 16.9 Å². The van der Waals surface area contributed by atoms with Gasteiger partial charge in [-0.3, -0.25) is 4.98 Å². The Morgan fingerprint density at radius 2 is 0.944 bits per heavy atom. The molecule has 10 rings (SSSR count). The summed E-state index contributed by atoms with van der Waals surface area (Å²) >= 11 is 0. The third-order valence-corrected chi connectivity index (χ3v) is 11.0. The van der Waals surface area contributed by atoms with Gasteiger partial charge in [0.2, 0.25) is 0 Å². The Morgan fingerprint density at radius 1 is 0.389 bits per heavy atom. The van der Waals surface area contributed by atoms with Gasteiger partial charge in [0.15, 0.2) is 0 Å². The summed E-state index contributed by atoms with van der Waals surface area (Å²) in [5, 5.41) is 2.52. The number of hydrogen-bond donors (Lipinski definition) is 0. The van der Waals surface area contributed by atoms with Crippen molar-refractivity contribution in [2.75, 3.05) is 4.90 Å². The predicted octanol–water partition coefficient (Wildman–Crippen LogP) is 13.4. The monoisotopic (exact) mass is 688 g/mol. The molecule has 1 heterocycles. The maximum absolute atomic E-state index is 5.16. The Labute approximate surface area is 316 Å². The van der Waals surface area contributed by atoms with Crippen LogP contribution in [-0.2, 0) is 5.41 Å². The summed E-state index contributed by atoms with van der Waals surface area (Å²) in [7, 11) is 0. The molecule has 0 saturated heterocycles. The van der Waals surface area contributed by atoms with E-state index in [1.54, 1.807) is 0 Å². The van der Waals surface area contributed by atoms with E-state index in [9.17, 15) is 0 Å². The average Bonchev–Trinajstić information content (AvgIpc) is 3.56. The fourth-order valence-electron chi connectivity index (χ4n) is 8.56. The van der Waals surface area contributed by atoms with Gasteiger partial charge in [-0.05, 0) is 97.7 Å². The van der Waals surface area contributed by atoms with Crippen molar-refractivity contribution < 1.29 is 0 Å². The zero-order chi connectivity index (χ0) is 35.9. The van der Waals surface area contributed by atoms with Crippen molar-refractivity contribution in [2.24, 2.45) is 0 Å². The molecule has 1 aliphatic rings. The molecule has 0 amide bonds. The highest BCUT2D eigenvalue weighted by Gasteiger charge is 2.46. The molecule has 254 valence electrons. The standard InChI is InChI=1S/C52H36N2/c1-5-15-37(16-6-1)38-25-29-44(30-26-38)54(43-22-11-4-12-23-43)45-31-34-50(53-36-45)40-27-32-47-49(35-40)52(41-18-7-2-8-19-41,42-20-9-3-10-21-42)48-33-28-39-17-13-14-24-46(39)51(47)48/h1-36H. The van der Waals surface area contributed by atoms with E-state index in [1.807, 2.05) is 6.20 Å². The second-order valence-corrected chi connectivity index (χ2v) is 13.9. The highest BCUT2D eigenvalue weighted by atomic mass is 15.1. The molecule has 0 spiro atoms. The first kappa shape index (κ1) is 31.7. The molecule has 54 heavy (non-hydrogen) atoms. The van der Waals surface area contributed by atoms with Gasteiger partial charge in [-0.1, -0.05) is 170 Å². The number of pyridine rings is 1. The van der Waals surface area contributed by atoms with Crippen LogP contribution in [0, 0.1) is 0 Å². The van der Waals surface area contributed by atoms with E-state index < -0.39 is 5.41 Å². The van der Waals surface area contributed by atoms with Gasteiger partial charge in [0.1, 0.15) is 0 Å². The average molecular weight is 689 g/mol. The van der Waals surface area contributed by atoms with Crippen LogP contribution in [0.25, 0.3) is 44.3 Å². The lowest BCUT2D eigenvalue weighted by Gasteiger charge is -2.34. The van der Waals surface area contributed by atoms with Crippen LogP contribution in [-0.4, -0.2) is 4.98 Å². The van der Waals surface area contributed by atoms with Gasteiger partial charge in [0.25, 0.3) is 0 Å². The van der Waals surface area contributed by atoms with Crippen LogP contribution in [0.2, 0.25) is 0 Å². The van der Waals surface area contributed by atoms with Gasteiger partial charge in [0.05, 0.1) is 23.0 Å². The van der Waals surface area contributed by atoms with Crippen LogP contribution < -0.4 is 4.90 Å². The number of rotatable bonds is 7. The lowest BCUT2D eigenvalue weighted by atomic mass is 9.67. The summed E-state index contributed by atoms with van der Waals surface area (Å²) in [5.74, 6) is 0. The summed E-state index contributed by atoms with van der Waals surface area (Å²) in [6.45, 7) is 0. The maximum atomic E-state index is 5.16. The molecule has 0 bridgehead atoms. The fraction of sp³-hybridized carbons (Fsp3) is 0.0192. The molecule has 1 aromatic heterocycles. The van der Waals surface area contributed by atoms with Gasteiger partial charge in [-0.25, -0.2) is 0 Å². The van der Waals surface area contributed by atoms with E-state index in [2.05, 4.69) is 217 Å². The van der Waals surface area contributed by atoms with Crippen LogP contribution >= 0.6 is 0 Å². The molecule has 1 aliphatic carbocycles. The van der Waals surface area contributed by atoms with E-state index in [4.69, 9.17) is 4.98 Å². The largest absolute Gasteiger partial charge is 0.309 e. The molecular weight excluding hydrogens is 653 g/mol. The first-order chi connectivity index (χ1) is 26.8. The Balaban J connectivity index is 1.11. The van der Waals surface area contributed by atoms with Gasteiger partial charge < -0.3 is 4.90 Å². The van der Waals surface area contributed by atoms with Gasteiger partial charge >= 0.3 is 0 Å².